The minimum Gasteiger partial charge on any atom is -0.324 e. The molecule has 0 aliphatic heterocycles. The predicted molar refractivity (Wildman–Crippen MR) is 64.6 cm³/mol. The van der Waals surface area contributed by atoms with Crippen LogP contribution in [0.3, 0.4) is 0 Å². The van der Waals surface area contributed by atoms with Crippen molar-refractivity contribution >= 4 is 12.4 Å². The molecule has 0 amide bonds. The Morgan fingerprint density at radius 1 is 1.33 bits per heavy atom. The summed E-state index contributed by atoms with van der Waals surface area (Å²) in [5, 5.41) is 0. The van der Waals surface area contributed by atoms with Crippen LogP contribution in [0.5, 0.6) is 0 Å². The van der Waals surface area contributed by atoms with Gasteiger partial charge in [0.15, 0.2) is 0 Å². The highest BCUT2D eigenvalue weighted by atomic mass is 35.5. The number of rotatable bonds is 2. The van der Waals surface area contributed by atoms with Crippen LogP contribution < -0.4 is 5.73 Å². The van der Waals surface area contributed by atoms with E-state index in [0.29, 0.717) is 0 Å². The van der Waals surface area contributed by atoms with Crippen LogP contribution >= 0.6 is 12.4 Å². The minimum atomic E-state index is -0.216. The van der Waals surface area contributed by atoms with Crippen molar-refractivity contribution in [2.24, 2.45) is 11.1 Å². The normalized spacial score (nSPS) is 13.1. The fourth-order valence-corrected chi connectivity index (χ4v) is 1.51. The SMILES string of the molecule is CC(C)(C)CC(N)c1cccc(F)c1.Cl. The van der Waals surface area contributed by atoms with E-state index in [0.717, 1.165) is 12.0 Å². The summed E-state index contributed by atoms with van der Waals surface area (Å²) in [5.41, 5.74) is 7.03. The van der Waals surface area contributed by atoms with Gasteiger partial charge in [0, 0.05) is 6.04 Å². The molecule has 0 radical (unpaired) electrons. The van der Waals surface area contributed by atoms with Gasteiger partial charge in [-0.1, -0.05) is 32.9 Å². The Morgan fingerprint density at radius 2 is 1.93 bits per heavy atom. The van der Waals surface area contributed by atoms with Crippen molar-refractivity contribution in [3.8, 4) is 0 Å². The standard InChI is InChI=1S/C12H18FN.ClH/c1-12(2,3)8-11(14)9-5-4-6-10(13)7-9;/h4-7,11H,8,14H2,1-3H3;1H. The fraction of sp³-hybridized carbons (Fsp3) is 0.500. The lowest BCUT2D eigenvalue weighted by molar-refractivity contribution is 0.342. The van der Waals surface area contributed by atoms with Crippen molar-refractivity contribution in [1.82, 2.24) is 0 Å². The Hall–Kier alpha value is -0.600. The monoisotopic (exact) mass is 231 g/mol. The van der Waals surface area contributed by atoms with E-state index in [1.807, 2.05) is 6.07 Å². The van der Waals surface area contributed by atoms with Crippen LogP contribution in [-0.2, 0) is 0 Å². The first-order valence-corrected chi connectivity index (χ1v) is 4.89. The molecule has 0 saturated heterocycles. The molecular weight excluding hydrogens is 213 g/mol. The number of nitrogens with two attached hydrogens (primary N) is 1. The average molecular weight is 232 g/mol. The molecule has 0 aliphatic carbocycles. The van der Waals surface area contributed by atoms with Crippen molar-refractivity contribution < 1.29 is 4.39 Å². The van der Waals surface area contributed by atoms with Gasteiger partial charge in [0.05, 0.1) is 0 Å². The van der Waals surface area contributed by atoms with E-state index in [9.17, 15) is 4.39 Å². The summed E-state index contributed by atoms with van der Waals surface area (Å²) in [6.07, 6.45) is 0.858. The summed E-state index contributed by atoms with van der Waals surface area (Å²) in [6.45, 7) is 6.39. The summed E-state index contributed by atoms with van der Waals surface area (Å²) in [6, 6.07) is 6.45. The second-order valence-corrected chi connectivity index (χ2v) is 4.93. The van der Waals surface area contributed by atoms with E-state index < -0.39 is 0 Å². The molecule has 1 unspecified atom stereocenters. The third kappa shape index (κ3) is 5.14. The molecule has 0 heterocycles. The highest BCUT2D eigenvalue weighted by Crippen LogP contribution is 2.27. The van der Waals surface area contributed by atoms with Crippen molar-refractivity contribution in [2.75, 3.05) is 0 Å². The van der Waals surface area contributed by atoms with Gasteiger partial charge in [0.2, 0.25) is 0 Å². The zero-order valence-electron chi connectivity index (χ0n) is 9.46. The molecular formula is C12H19ClFN. The minimum absolute atomic E-state index is 0. The van der Waals surface area contributed by atoms with Gasteiger partial charge in [-0.05, 0) is 29.5 Å². The quantitative estimate of drug-likeness (QED) is 0.826. The lowest BCUT2D eigenvalue weighted by atomic mass is 9.86. The second kappa shape index (κ2) is 5.47. The second-order valence-electron chi connectivity index (χ2n) is 4.93. The summed E-state index contributed by atoms with van der Waals surface area (Å²) in [5.74, 6) is -0.216. The maximum atomic E-state index is 12.9. The largest absolute Gasteiger partial charge is 0.324 e. The summed E-state index contributed by atoms with van der Waals surface area (Å²) in [7, 11) is 0. The van der Waals surface area contributed by atoms with Crippen LogP contribution in [-0.4, -0.2) is 0 Å². The van der Waals surface area contributed by atoms with Crippen molar-refractivity contribution in [1.29, 1.82) is 0 Å². The summed E-state index contributed by atoms with van der Waals surface area (Å²) in [4.78, 5) is 0. The first kappa shape index (κ1) is 14.4. The molecule has 3 heteroatoms. The van der Waals surface area contributed by atoms with Crippen LogP contribution in [0.1, 0.15) is 38.8 Å². The Balaban J connectivity index is 0.00000196. The number of hydrogen-bond acceptors (Lipinski definition) is 1. The highest BCUT2D eigenvalue weighted by Gasteiger charge is 2.16. The van der Waals surface area contributed by atoms with Crippen LogP contribution in [0.4, 0.5) is 4.39 Å². The number of hydrogen-bond donors (Lipinski definition) is 1. The average Bonchev–Trinajstić information content (AvgIpc) is 2.01. The van der Waals surface area contributed by atoms with E-state index in [-0.39, 0.29) is 29.7 Å². The van der Waals surface area contributed by atoms with Crippen LogP contribution in [0.25, 0.3) is 0 Å². The van der Waals surface area contributed by atoms with Gasteiger partial charge in [0.25, 0.3) is 0 Å². The molecule has 0 spiro atoms. The maximum absolute atomic E-state index is 12.9. The Kier molecular flexibility index (Phi) is 5.26. The predicted octanol–water partition coefficient (Wildman–Crippen LogP) is 3.68. The fourth-order valence-electron chi connectivity index (χ4n) is 1.51. The van der Waals surface area contributed by atoms with Crippen molar-refractivity contribution in [3.05, 3.63) is 35.6 Å². The van der Waals surface area contributed by atoms with Gasteiger partial charge in [0.1, 0.15) is 5.82 Å². The smallest absolute Gasteiger partial charge is 0.123 e. The van der Waals surface area contributed by atoms with Crippen LogP contribution in [0.2, 0.25) is 0 Å². The first-order chi connectivity index (χ1) is 6.38. The van der Waals surface area contributed by atoms with Gasteiger partial charge in [-0.15, -0.1) is 12.4 Å². The third-order valence-electron chi connectivity index (χ3n) is 2.11. The molecule has 15 heavy (non-hydrogen) atoms. The van der Waals surface area contributed by atoms with Gasteiger partial charge >= 0.3 is 0 Å². The molecule has 0 bridgehead atoms. The Morgan fingerprint density at radius 3 is 2.40 bits per heavy atom. The van der Waals surface area contributed by atoms with E-state index in [2.05, 4.69) is 20.8 Å². The third-order valence-corrected chi connectivity index (χ3v) is 2.11. The summed E-state index contributed by atoms with van der Waals surface area (Å²) >= 11 is 0. The van der Waals surface area contributed by atoms with Gasteiger partial charge in [-0.2, -0.15) is 0 Å². The van der Waals surface area contributed by atoms with Gasteiger partial charge in [-0.3, -0.25) is 0 Å². The lowest BCUT2D eigenvalue weighted by Crippen LogP contribution is -2.18. The molecule has 1 atom stereocenters. The molecule has 0 fully saturated rings. The highest BCUT2D eigenvalue weighted by molar-refractivity contribution is 5.85. The topological polar surface area (TPSA) is 26.0 Å². The lowest BCUT2D eigenvalue weighted by Gasteiger charge is -2.23. The molecule has 1 aromatic rings. The number of benzene rings is 1. The van der Waals surface area contributed by atoms with E-state index >= 15 is 0 Å². The molecule has 1 nitrogen and oxygen atoms in total. The van der Waals surface area contributed by atoms with E-state index in [4.69, 9.17) is 5.73 Å². The molecule has 2 N–H and O–H groups in total. The van der Waals surface area contributed by atoms with Crippen molar-refractivity contribution in [2.45, 2.75) is 33.2 Å². The Bertz CT molecular complexity index is 307. The molecule has 0 aromatic heterocycles. The van der Waals surface area contributed by atoms with Crippen molar-refractivity contribution in [3.63, 3.8) is 0 Å². The zero-order chi connectivity index (χ0) is 10.8. The van der Waals surface area contributed by atoms with E-state index in [1.54, 1.807) is 6.07 Å². The molecule has 86 valence electrons. The van der Waals surface area contributed by atoms with E-state index in [1.165, 1.54) is 12.1 Å². The van der Waals surface area contributed by atoms with Crippen LogP contribution in [0, 0.1) is 11.2 Å². The Labute approximate surface area is 97.3 Å². The molecule has 1 rings (SSSR count). The first-order valence-electron chi connectivity index (χ1n) is 4.89. The van der Waals surface area contributed by atoms with Gasteiger partial charge < -0.3 is 5.73 Å². The molecule has 1 aromatic carbocycles. The number of halogens is 2. The van der Waals surface area contributed by atoms with Crippen LogP contribution in [0.15, 0.2) is 24.3 Å². The summed E-state index contributed by atoms with van der Waals surface area (Å²) < 4.78 is 12.9. The zero-order valence-corrected chi connectivity index (χ0v) is 10.3. The maximum Gasteiger partial charge on any atom is 0.123 e. The van der Waals surface area contributed by atoms with Gasteiger partial charge in [-0.25, -0.2) is 4.39 Å². The molecule has 0 saturated carbocycles. The molecule has 0 aliphatic rings.